The van der Waals surface area contributed by atoms with Crippen molar-refractivity contribution < 1.29 is 4.74 Å². The Balaban J connectivity index is 1.77. The number of aromatic nitrogens is 3. The summed E-state index contributed by atoms with van der Waals surface area (Å²) >= 11 is 1.67. The molecular formula is C13H18N4OS. The Labute approximate surface area is 116 Å². The first kappa shape index (κ1) is 12.8. The third-order valence-corrected chi connectivity index (χ3v) is 4.38. The van der Waals surface area contributed by atoms with Crippen LogP contribution >= 0.6 is 11.3 Å². The van der Waals surface area contributed by atoms with Gasteiger partial charge in [0.15, 0.2) is 0 Å². The summed E-state index contributed by atoms with van der Waals surface area (Å²) in [5.41, 5.74) is 8.48. The number of ether oxygens (including phenoxy) is 1. The van der Waals surface area contributed by atoms with Gasteiger partial charge in [0.1, 0.15) is 0 Å². The fourth-order valence-corrected chi connectivity index (χ4v) is 3.08. The van der Waals surface area contributed by atoms with Gasteiger partial charge in [0, 0.05) is 24.1 Å². The van der Waals surface area contributed by atoms with Crippen molar-refractivity contribution in [3.63, 3.8) is 0 Å². The van der Waals surface area contributed by atoms with Crippen molar-refractivity contribution >= 4 is 11.3 Å². The molecule has 3 heterocycles. The molecule has 0 aromatic carbocycles. The van der Waals surface area contributed by atoms with Gasteiger partial charge in [0.25, 0.3) is 0 Å². The van der Waals surface area contributed by atoms with Crippen LogP contribution in [-0.2, 0) is 11.3 Å². The minimum Gasteiger partial charge on any atom is -0.381 e. The number of rotatable bonds is 4. The van der Waals surface area contributed by atoms with E-state index in [2.05, 4.69) is 19.9 Å². The second-order valence-electron chi connectivity index (χ2n) is 4.95. The van der Waals surface area contributed by atoms with E-state index in [1.165, 1.54) is 0 Å². The molecule has 0 aliphatic carbocycles. The number of aryl methyl sites for hydroxylation is 1. The molecule has 6 heteroatoms. The monoisotopic (exact) mass is 278 g/mol. The number of thiazole rings is 1. The maximum Gasteiger partial charge on any atom is 0.0952 e. The molecule has 1 aliphatic heterocycles. The molecule has 1 fully saturated rings. The van der Waals surface area contributed by atoms with Crippen LogP contribution in [0.3, 0.4) is 0 Å². The van der Waals surface area contributed by atoms with Crippen LogP contribution < -0.4 is 5.73 Å². The van der Waals surface area contributed by atoms with Gasteiger partial charge < -0.3 is 15.0 Å². The molecule has 2 aromatic rings. The fourth-order valence-electron chi connectivity index (χ4n) is 2.47. The molecule has 0 radical (unpaired) electrons. The molecule has 2 atom stereocenters. The van der Waals surface area contributed by atoms with Gasteiger partial charge in [-0.05, 0) is 13.3 Å². The summed E-state index contributed by atoms with van der Waals surface area (Å²) in [6.07, 6.45) is 4.73. The summed E-state index contributed by atoms with van der Waals surface area (Å²) in [6, 6.07) is -0.00951. The summed E-state index contributed by atoms with van der Waals surface area (Å²) in [5, 5.41) is 3.17. The van der Waals surface area contributed by atoms with Gasteiger partial charge in [0.05, 0.1) is 41.9 Å². The highest BCUT2D eigenvalue weighted by molar-refractivity contribution is 7.09. The highest BCUT2D eigenvalue weighted by Crippen LogP contribution is 2.26. The van der Waals surface area contributed by atoms with Crippen LogP contribution in [0.15, 0.2) is 17.9 Å². The smallest absolute Gasteiger partial charge is 0.0952 e. The molecule has 5 nitrogen and oxygen atoms in total. The average Bonchev–Trinajstić information content (AvgIpc) is 3.10. The van der Waals surface area contributed by atoms with Gasteiger partial charge >= 0.3 is 0 Å². The van der Waals surface area contributed by atoms with Crippen LogP contribution in [0.1, 0.15) is 28.9 Å². The van der Waals surface area contributed by atoms with Crippen molar-refractivity contribution in [2.24, 2.45) is 11.7 Å². The number of hydrogen-bond donors (Lipinski definition) is 1. The van der Waals surface area contributed by atoms with Gasteiger partial charge in [-0.15, -0.1) is 11.3 Å². The first-order valence-corrected chi connectivity index (χ1v) is 7.36. The van der Waals surface area contributed by atoms with E-state index in [1.54, 1.807) is 11.3 Å². The topological polar surface area (TPSA) is 66.0 Å². The minimum atomic E-state index is -0.00951. The van der Waals surface area contributed by atoms with Crippen LogP contribution in [-0.4, -0.2) is 27.7 Å². The normalized spacial score (nSPS) is 20.8. The molecule has 19 heavy (non-hydrogen) atoms. The number of nitrogens with zero attached hydrogens (tertiary/aromatic N) is 3. The molecule has 2 aromatic heterocycles. The maximum atomic E-state index is 6.35. The molecule has 0 spiro atoms. The Morgan fingerprint density at radius 3 is 3.21 bits per heavy atom. The molecule has 102 valence electrons. The summed E-state index contributed by atoms with van der Waals surface area (Å²) in [5.74, 6) is 0.396. The molecular weight excluding hydrogens is 260 g/mol. The van der Waals surface area contributed by atoms with Crippen LogP contribution in [0.2, 0.25) is 0 Å². The van der Waals surface area contributed by atoms with Crippen molar-refractivity contribution in [3.05, 3.63) is 34.3 Å². The van der Waals surface area contributed by atoms with E-state index >= 15 is 0 Å². The Morgan fingerprint density at radius 2 is 2.53 bits per heavy atom. The molecule has 2 unspecified atom stereocenters. The molecule has 0 bridgehead atoms. The van der Waals surface area contributed by atoms with Gasteiger partial charge in [-0.1, -0.05) is 0 Å². The van der Waals surface area contributed by atoms with Crippen LogP contribution in [0.25, 0.3) is 0 Å². The quantitative estimate of drug-likeness (QED) is 0.925. The van der Waals surface area contributed by atoms with Gasteiger partial charge in [-0.2, -0.15) is 0 Å². The zero-order valence-corrected chi connectivity index (χ0v) is 11.8. The lowest BCUT2D eigenvalue weighted by molar-refractivity contribution is 0.180. The van der Waals surface area contributed by atoms with E-state index in [0.717, 1.165) is 42.6 Å². The average molecular weight is 278 g/mol. The predicted molar refractivity (Wildman–Crippen MR) is 74.0 cm³/mol. The van der Waals surface area contributed by atoms with Crippen molar-refractivity contribution in [2.75, 3.05) is 13.2 Å². The second-order valence-corrected chi connectivity index (χ2v) is 6.02. The van der Waals surface area contributed by atoms with E-state index in [9.17, 15) is 0 Å². The summed E-state index contributed by atoms with van der Waals surface area (Å²) in [4.78, 5) is 8.72. The Kier molecular flexibility index (Phi) is 3.63. The summed E-state index contributed by atoms with van der Waals surface area (Å²) < 4.78 is 7.51. The number of hydrogen-bond acceptors (Lipinski definition) is 5. The lowest BCUT2D eigenvalue weighted by Crippen LogP contribution is -2.24. The molecule has 0 saturated carbocycles. The van der Waals surface area contributed by atoms with Crippen LogP contribution in [0, 0.1) is 12.8 Å². The molecule has 1 saturated heterocycles. The highest BCUT2D eigenvalue weighted by atomic mass is 32.1. The van der Waals surface area contributed by atoms with E-state index in [0.29, 0.717) is 5.92 Å². The van der Waals surface area contributed by atoms with E-state index in [4.69, 9.17) is 10.5 Å². The molecule has 0 amide bonds. The van der Waals surface area contributed by atoms with Crippen molar-refractivity contribution in [2.45, 2.75) is 25.9 Å². The lowest BCUT2D eigenvalue weighted by Gasteiger charge is -2.19. The summed E-state index contributed by atoms with van der Waals surface area (Å²) in [6.45, 7) is 4.32. The van der Waals surface area contributed by atoms with Crippen molar-refractivity contribution in [3.8, 4) is 0 Å². The first-order valence-electron chi connectivity index (χ1n) is 6.48. The minimum absolute atomic E-state index is 0.00951. The fraction of sp³-hybridized carbons (Fsp3) is 0.538. The number of imidazole rings is 1. The zero-order valence-electron chi connectivity index (χ0n) is 11.0. The number of nitrogens with two attached hydrogens (primary N) is 1. The van der Waals surface area contributed by atoms with Crippen LogP contribution in [0.5, 0.6) is 0 Å². The zero-order chi connectivity index (χ0) is 13.2. The van der Waals surface area contributed by atoms with Crippen LogP contribution in [0.4, 0.5) is 0 Å². The SMILES string of the molecule is Cc1nc(Cn2cncc2C(N)C2CCOC2)cs1. The Bertz CT molecular complexity index is 544. The van der Waals surface area contributed by atoms with E-state index in [-0.39, 0.29) is 6.04 Å². The van der Waals surface area contributed by atoms with Crippen molar-refractivity contribution in [1.29, 1.82) is 0 Å². The summed E-state index contributed by atoms with van der Waals surface area (Å²) in [7, 11) is 0. The maximum absolute atomic E-state index is 6.35. The lowest BCUT2D eigenvalue weighted by atomic mass is 9.97. The highest BCUT2D eigenvalue weighted by Gasteiger charge is 2.26. The molecule has 2 N–H and O–H groups in total. The largest absolute Gasteiger partial charge is 0.381 e. The third kappa shape index (κ3) is 2.70. The van der Waals surface area contributed by atoms with E-state index < -0.39 is 0 Å². The standard InChI is InChI=1S/C13H18N4OS/c1-9-16-11(7-19-9)5-17-8-15-4-12(17)13(14)10-2-3-18-6-10/h4,7-8,10,13H,2-3,5-6,14H2,1H3. The van der Waals surface area contributed by atoms with Gasteiger partial charge in [0.2, 0.25) is 0 Å². The Hall–Kier alpha value is -1.24. The van der Waals surface area contributed by atoms with E-state index in [1.807, 2.05) is 19.4 Å². The predicted octanol–water partition coefficient (Wildman–Crippen LogP) is 1.73. The first-order chi connectivity index (χ1) is 9.24. The van der Waals surface area contributed by atoms with Gasteiger partial charge in [-0.3, -0.25) is 0 Å². The molecule has 3 rings (SSSR count). The second kappa shape index (κ2) is 5.40. The third-order valence-electron chi connectivity index (χ3n) is 3.56. The Morgan fingerprint density at radius 1 is 1.63 bits per heavy atom. The van der Waals surface area contributed by atoms with Crippen molar-refractivity contribution in [1.82, 2.24) is 14.5 Å². The van der Waals surface area contributed by atoms with Gasteiger partial charge in [-0.25, -0.2) is 9.97 Å². The molecule has 1 aliphatic rings.